The standard InChI is InChI=1S/C33H47N3O4S/c1-8-16-34(17-9-2)29(38)26-25-19-22(4)33(41-25)27(26)30(39)36(24(21-37)20-23-14-12-11-13-15-23)28(33)31(40)35(18-10-3)32(5,6)7/h8,10-15,22,24-28,37H,1,3,9,16-21H2,2,4-7H3/t22?,24-,25+,26-,27+,28?,33?/m1/s1. The van der Waals surface area contributed by atoms with Crippen molar-refractivity contribution in [3.63, 3.8) is 0 Å². The predicted molar refractivity (Wildman–Crippen MR) is 165 cm³/mol. The largest absolute Gasteiger partial charge is 0.394 e. The number of aliphatic hydroxyl groups excluding tert-OH is 1. The summed E-state index contributed by atoms with van der Waals surface area (Å²) in [6.07, 6.45) is 5.46. The van der Waals surface area contributed by atoms with Crippen molar-refractivity contribution < 1.29 is 19.5 Å². The van der Waals surface area contributed by atoms with Gasteiger partial charge >= 0.3 is 0 Å². The van der Waals surface area contributed by atoms with E-state index in [1.807, 2.05) is 62.9 Å². The fraction of sp³-hybridized carbons (Fsp3) is 0.606. The van der Waals surface area contributed by atoms with Crippen LogP contribution in [0.25, 0.3) is 0 Å². The number of carbonyl (C=O) groups is 3. The molecule has 1 aromatic carbocycles. The Morgan fingerprint density at radius 2 is 1.83 bits per heavy atom. The average molecular weight is 582 g/mol. The zero-order valence-electron chi connectivity index (χ0n) is 25.3. The summed E-state index contributed by atoms with van der Waals surface area (Å²) >= 11 is 1.68. The van der Waals surface area contributed by atoms with Crippen LogP contribution in [0.15, 0.2) is 55.6 Å². The second-order valence-electron chi connectivity index (χ2n) is 12.8. The van der Waals surface area contributed by atoms with Gasteiger partial charge in [0.15, 0.2) is 0 Å². The second kappa shape index (κ2) is 12.3. The van der Waals surface area contributed by atoms with Crippen LogP contribution in [-0.4, -0.2) is 91.4 Å². The first kappa shape index (κ1) is 31.4. The summed E-state index contributed by atoms with van der Waals surface area (Å²) in [5, 5.41) is 10.7. The summed E-state index contributed by atoms with van der Waals surface area (Å²) < 4.78 is -0.750. The Labute approximate surface area is 250 Å². The molecular formula is C33H47N3O4S. The molecule has 7 nitrogen and oxygen atoms in total. The lowest BCUT2D eigenvalue weighted by Crippen LogP contribution is -2.62. The molecule has 3 fully saturated rings. The van der Waals surface area contributed by atoms with E-state index in [0.717, 1.165) is 18.4 Å². The van der Waals surface area contributed by atoms with Crippen molar-refractivity contribution in [1.82, 2.24) is 14.7 Å². The molecule has 4 rings (SSSR count). The van der Waals surface area contributed by atoms with Crippen LogP contribution in [0, 0.1) is 17.8 Å². The Kier molecular flexibility index (Phi) is 9.44. The van der Waals surface area contributed by atoms with Gasteiger partial charge in [0.25, 0.3) is 0 Å². The van der Waals surface area contributed by atoms with Crippen LogP contribution in [0.3, 0.4) is 0 Å². The highest BCUT2D eigenvalue weighted by Crippen LogP contribution is 2.69. The van der Waals surface area contributed by atoms with E-state index in [9.17, 15) is 19.5 Å². The number of carbonyl (C=O) groups excluding carboxylic acids is 3. The molecule has 2 bridgehead atoms. The maximum absolute atomic E-state index is 14.8. The first-order valence-electron chi connectivity index (χ1n) is 14.9. The lowest BCUT2D eigenvalue weighted by molar-refractivity contribution is -0.148. The SMILES string of the molecule is C=CCN(CCC)C(=O)[C@@H]1[C@@H]2CC(C)C3(S2)C(C(=O)N(CC=C)C(C)(C)C)N([C@@H](CO)Cc2ccccc2)C(=O)[C@H]13. The van der Waals surface area contributed by atoms with E-state index in [-0.39, 0.29) is 35.5 Å². The molecule has 224 valence electrons. The molecular weight excluding hydrogens is 534 g/mol. The molecule has 3 amide bonds. The number of hydrogen-bond donors (Lipinski definition) is 1. The highest BCUT2D eigenvalue weighted by atomic mass is 32.2. The molecule has 3 heterocycles. The van der Waals surface area contributed by atoms with E-state index < -0.39 is 34.2 Å². The zero-order chi connectivity index (χ0) is 30.1. The zero-order valence-corrected chi connectivity index (χ0v) is 26.1. The van der Waals surface area contributed by atoms with E-state index in [4.69, 9.17) is 0 Å². The fourth-order valence-electron chi connectivity index (χ4n) is 7.45. The summed E-state index contributed by atoms with van der Waals surface area (Å²) in [6.45, 7) is 19.0. The molecule has 7 atom stereocenters. The van der Waals surface area contributed by atoms with Gasteiger partial charge in [0.05, 0.1) is 29.2 Å². The second-order valence-corrected chi connectivity index (χ2v) is 14.4. The Hall–Kier alpha value is -2.58. The Morgan fingerprint density at radius 1 is 1.17 bits per heavy atom. The maximum atomic E-state index is 14.8. The summed E-state index contributed by atoms with van der Waals surface area (Å²) in [5.74, 6) is -1.41. The fourth-order valence-corrected chi connectivity index (χ4v) is 9.85. The van der Waals surface area contributed by atoms with Gasteiger partial charge in [-0.25, -0.2) is 0 Å². The number of likely N-dealkylation sites (tertiary alicyclic amines) is 1. The van der Waals surface area contributed by atoms with E-state index >= 15 is 0 Å². The third-order valence-electron chi connectivity index (χ3n) is 9.16. The molecule has 0 radical (unpaired) electrons. The first-order chi connectivity index (χ1) is 19.5. The molecule has 0 aromatic heterocycles. The minimum absolute atomic E-state index is 0.0215. The summed E-state index contributed by atoms with van der Waals surface area (Å²) in [4.78, 5) is 49.0. The number of rotatable bonds is 12. The van der Waals surface area contributed by atoms with Gasteiger partial charge in [-0.3, -0.25) is 14.4 Å². The van der Waals surface area contributed by atoms with Crippen molar-refractivity contribution in [3.8, 4) is 0 Å². The molecule has 1 aromatic rings. The van der Waals surface area contributed by atoms with Crippen LogP contribution < -0.4 is 0 Å². The molecule has 0 saturated carbocycles. The van der Waals surface area contributed by atoms with Gasteiger partial charge in [0, 0.05) is 30.4 Å². The van der Waals surface area contributed by atoms with Crippen molar-refractivity contribution in [3.05, 3.63) is 61.2 Å². The third-order valence-corrected chi connectivity index (χ3v) is 11.2. The van der Waals surface area contributed by atoms with Crippen LogP contribution in [-0.2, 0) is 20.8 Å². The molecule has 3 aliphatic heterocycles. The number of fused-ring (bicyclic) bond motifs is 1. The Bertz CT molecular complexity index is 1150. The number of thioether (sulfide) groups is 1. The summed E-state index contributed by atoms with van der Waals surface area (Å²) in [6, 6.07) is 8.38. The molecule has 8 heteroatoms. The van der Waals surface area contributed by atoms with Crippen LogP contribution in [0.1, 0.15) is 53.0 Å². The number of benzene rings is 1. The minimum atomic E-state index is -0.790. The van der Waals surface area contributed by atoms with Crippen molar-refractivity contribution in [2.45, 2.75) is 81.5 Å². The molecule has 3 aliphatic rings. The molecule has 1 N–H and O–H groups in total. The van der Waals surface area contributed by atoms with Crippen LogP contribution in [0.4, 0.5) is 0 Å². The van der Waals surface area contributed by atoms with Gasteiger partial charge in [-0.05, 0) is 51.5 Å². The predicted octanol–water partition coefficient (Wildman–Crippen LogP) is 4.16. The van der Waals surface area contributed by atoms with E-state index in [0.29, 0.717) is 26.1 Å². The number of hydrogen-bond acceptors (Lipinski definition) is 5. The van der Waals surface area contributed by atoms with Gasteiger partial charge in [-0.2, -0.15) is 0 Å². The average Bonchev–Trinajstić information content (AvgIpc) is 3.53. The van der Waals surface area contributed by atoms with Gasteiger partial charge in [0.2, 0.25) is 17.7 Å². The van der Waals surface area contributed by atoms with Gasteiger partial charge < -0.3 is 19.8 Å². The Balaban J connectivity index is 1.85. The number of nitrogens with zero attached hydrogens (tertiary/aromatic N) is 3. The molecule has 3 saturated heterocycles. The first-order valence-corrected chi connectivity index (χ1v) is 15.8. The van der Waals surface area contributed by atoms with E-state index in [1.165, 1.54) is 0 Å². The van der Waals surface area contributed by atoms with Gasteiger partial charge in [-0.1, -0.05) is 56.3 Å². The van der Waals surface area contributed by atoms with Gasteiger partial charge in [-0.15, -0.1) is 24.9 Å². The quantitative estimate of drug-likeness (QED) is 0.375. The highest BCUT2D eigenvalue weighted by molar-refractivity contribution is 8.02. The van der Waals surface area contributed by atoms with Crippen LogP contribution in [0.2, 0.25) is 0 Å². The normalized spacial score (nSPS) is 29.3. The molecule has 41 heavy (non-hydrogen) atoms. The van der Waals surface area contributed by atoms with E-state index in [1.54, 1.807) is 33.7 Å². The summed E-state index contributed by atoms with van der Waals surface area (Å²) in [7, 11) is 0. The minimum Gasteiger partial charge on any atom is -0.394 e. The Morgan fingerprint density at radius 3 is 2.39 bits per heavy atom. The number of aliphatic hydroxyl groups is 1. The monoisotopic (exact) mass is 581 g/mol. The smallest absolute Gasteiger partial charge is 0.247 e. The summed E-state index contributed by atoms with van der Waals surface area (Å²) in [5.41, 5.74) is 0.474. The highest BCUT2D eigenvalue weighted by Gasteiger charge is 2.77. The lowest BCUT2D eigenvalue weighted by Gasteiger charge is -2.45. The van der Waals surface area contributed by atoms with Crippen molar-refractivity contribution in [2.24, 2.45) is 17.8 Å². The maximum Gasteiger partial charge on any atom is 0.247 e. The van der Waals surface area contributed by atoms with Crippen molar-refractivity contribution in [2.75, 3.05) is 26.2 Å². The van der Waals surface area contributed by atoms with Crippen LogP contribution in [0.5, 0.6) is 0 Å². The molecule has 0 aliphatic carbocycles. The number of amides is 3. The molecule has 3 unspecified atom stereocenters. The van der Waals surface area contributed by atoms with Crippen molar-refractivity contribution in [1.29, 1.82) is 0 Å². The van der Waals surface area contributed by atoms with Crippen molar-refractivity contribution >= 4 is 29.5 Å². The third kappa shape index (κ3) is 5.38. The molecule has 1 spiro atoms. The lowest BCUT2D eigenvalue weighted by atomic mass is 9.65. The topological polar surface area (TPSA) is 81.2 Å². The van der Waals surface area contributed by atoms with Crippen LogP contribution >= 0.6 is 11.8 Å². The van der Waals surface area contributed by atoms with E-state index in [2.05, 4.69) is 20.1 Å². The van der Waals surface area contributed by atoms with Gasteiger partial charge in [0.1, 0.15) is 6.04 Å².